The van der Waals surface area contributed by atoms with Crippen molar-refractivity contribution in [2.24, 2.45) is 28.6 Å². The average Bonchev–Trinajstić information content (AvgIpc) is 3.03. The van der Waals surface area contributed by atoms with Crippen molar-refractivity contribution in [3.05, 3.63) is 23.3 Å². The summed E-state index contributed by atoms with van der Waals surface area (Å²) in [6.45, 7) is 7.36. The molecule has 0 N–H and O–H groups in total. The fraction of sp³-hybridized carbons (Fsp3) is 0.720. The zero-order valence-electron chi connectivity index (χ0n) is 18.7. The molecular weight excluding hydrogens is 380 g/mol. The fourth-order valence-electron chi connectivity index (χ4n) is 7.21. The maximum absolute atomic E-state index is 12.8. The van der Waals surface area contributed by atoms with Gasteiger partial charge in [-0.15, -0.1) is 0 Å². The lowest BCUT2D eigenvalue weighted by atomic mass is 9.47. The normalized spacial score (nSPS) is 39.6. The van der Waals surface area contributed by atoms with Gasteiger partial charge in [0.15, 0.2) is 12.4 Å². The van der Waals surface area contributed by atoms with Crippen molar-refractivity contribution in [3.8, 4) is 0 Å². The minimum atomic E-state index is -0.408. The molecule has 0 aromatic carbocycles. The van der Waals surface area contributed by atoms with Crippen LogP contribution in [0.3, 0.4) is 0 Å². The van der Waals surface area contributed by atoms with Gasteiger partial charge in [-0.2, -0.15) is 0 Å². The first-order chi connectivity index (χ1) is 14.1. The molecule has 4 aliphatic rings. The standard InChI is InChI=1S/C25H34O5/c1-15(26)29-14-23(28)22-8-7-20-19-6-5-17-13-18(30-16(2)27)9-11-24(17,3)21(19)10-12-25(20,22)4/h5,8,18-21H,6-7,9-14H2,1-4H3/t18?,19?,20?,21?,24-,25-/m0/s1. The van der Waals surface area contributed by atoms with Gasteiger partial charge in [-0.1, -0.05) is 31.6 Å². The van der Waals surface area contributed by atoms with Crippen LogP contribution in [0.1, 0.15) is 72.6 Å². The van der Waals surface area contributed by atoms with E-state index in [0.717, 1.165) is 50.5 Å². The third-order valence-electron chi connectivity index (χ3n) is 8.68. The second kappa shape index (κ2) is 7.65. The summed E-state index contributed by atoms with van der Waals surface area (Å²) in [5.74, 6) is 1.02. The number of rotatable bonds is 4. The van der Waals surface area contributed by atoms with Crippen LogP contribution >= 0.6 is 0 Å². The second-order valence-electron chi connectivity index (χ2n) is 10.2. The van der Waals surface area contributed by atoms with Gasteiger partial charge in [-0.3, -0.25) is 14.4 Å². The van der Waals surface area contributed by atoms with Crippen LogP contribution in [0.25, 0.3) is 0 Å². The maximum atomic E-state index is 12.8. The van der Waals surface area contributed by atoms with Gasteiger partial charge < -0.3 is 9.47 Å². The van der Waals surface area contributed by atoms with Crippen LogP contribution in [0, 0.1) is 28.6 Å². The van der Waals surface area contributed by atoms with Crippen LogP contribution in [-0.2, 0) is 23.9 Å². The topological polar surface area (TPSA) is 69.7 Å². The molecule has 0 aromatic heterocycles. The molecule has 2 fully saturated rings. The van der Waals surface area contributed by atoms with Gasteiger partial charge >= 0.3 is 11.9 Å². The molecule has 0 aliphatic heterocycles. The van der Waals surface area contributed by atoms with Gasteiger partial charge in [0.1, 0.15) is 6.10 Å². The second-order valence-corrected chi connectivity index (χ2v) is 10.2. The molecule has 4 rings (SSSR count). The number of carbonyl (C=O) groups is 3. The Morgan fingerprint density at radius 1 is 0.967 bits per heavy atom. The molecule has 5 heteroatoms. The van der Waals surface area contributed by atoms with Crippen LogP contribution in [0.15, 0.2) is 23.3 Å². The van der Waals surface area contributed by atoms with Gasteiger partial charge in [-0.05, 0) is 67.1 Å². The van der Waals surface area contributed by atoms with Crippen molar-refractivity contribution >= 4 is 17.7 Å². The Balaban J connectivity index is 1.52. The molecule has 0 radical (unpaired) electrons. The number of carbonyl (C=O) groups excluding carboxylic acids is 3. The Kier molecular flexibility index (Phi) is 5.44. The highest BCUT2D eigenvalue weighted by Gasteiger charge is 2.57. The molecule has 6 atom stereocenters. The Labute approximate surface area is 179 Å². The number of hydrogen-bond acceptors (Lipinski definition) is 5. The number of ether oxygens (including phenoxy) is 2. The van der Waals surface area contributed by atoms with E-state index in [0.29, 0.717) is 17.8 Å². The van der Waals surface area contributed by atoms with E-state index in [1.807, 2.05) is 0 Å². The lowest BCUT2D eigenvalue weighted by molar-refractivity contribution is -0.148. The molecular formula is C25H34O5. The van der Waals surface area contributed by atoms with Crippen LogP contribution in [0.5, 0.6) is 0 Å². The highest BCUT2D eigenvalue weighted by molar-refractivity contribution is 5.99. The summed E-state index contributed by atoms with van der Waals surface area (Å²) in [5.41, 5.74) is 2.41. The Hall–Kier alpha value is -1.91. The van der Waals surface area contributed by atoms with Gasteiger partial charge in [-0.25, -0.2) is 0 Å². The van der Waals surface area contributed by atoms with E-state index in [1.54, 1.807) is 0 Å². The van der Waals surface area contributed by atoms with E-state index < -0.39 is 5.97 Å². The van der Waals surface area contributed by atoms with E-state index in [1.165, 1.54) is 19.4 Å². The van der Waals surface area contributed by atoms with E-state index in [2.05, 4.69) is 26.0 Å². The highest BCUT2D eigenvalue weighted by Crippen LogP contribution is 2.65. The first kappa shape index (κ1) is 21.3. The van der Waals surface area contributed by atoms with Gasteiger partial charge in [0.25, 0.3) is 0 Å². The van der Waals surface area contributed by atoms with Gasteiger partial charge in [0, 0.05) is 25.8 Å². The summed E-state index contributed by atoms with van der Waals surface area (Å²) in [4.78, 5) is 35.3. The summed E-state index contributed by atoms with van der Waals surface area (Å²) in [6, 6.07) is 0. The van der Waals surface area contributed by atoms with Crippen molar-refractivity contribution in [2.45, 2.75) is 78.7 Å². The molecule has 0 aromatic rings. The zero-order valence-corrected chi connectivity index (χ0v) is 18.7. The minimum absolute atomic E-state index is 0.0193. The van der Waals surface area contributed by atoms with E-state index >= 15 is 0 Å². The van der Waals surface area contributed by atoms with Crippen LogP contribution in [-0.4, -0.2) is 30.4 Å². The lowest BCUT2D eigenvalue weighted by Gasteiger charge is -2.57. The van der Waals surface area contributed by atoms with Crippen molar-refractivity contribution in [3.63, 3.8) is 0 Å². The first-order valence-electron chi connectivity index (χ1n) is 11.4. The van der Waals surface area contributed by atoms with Crippen LogP contribution in [0.2, 0.25) is 0 Å². The molecule has 0 heterocycles. The van der Waals surface area contributed by atoms with Gasteiger partial charge in [0.2, 0.25) is 0 Å². The quantitative estimate of drug-likeness (QED) is 0.499. The minimum Gasteiger partial charge on any atom is -0.462 e. The third kappa shape index (κ3) is 3.44. The number of allylic oxidation sites excluding steroid dienone is 2. The number of fused-ring (bicyclic) bond motifs is 5. The zero-order chi connectivity index (χ0) is 21.7. The van der Waals surface area contributed by atoms with Crippen molar-refractivity contribution in [1.82, 2.24) is 0 Å². The van der Waals surface area contributed by atoms with Crippen molar-refractivity contribution in [2.75, 3.05) is 6.61 Å². The Bertz CT molecular complexity index is 823. The molecule has 0 bridgehead atoms. The number of hydrogen-bond donors (Lipinski definition) is 0. The number of Topliss-reactive ketones (excluding diaryl/α,β-unsaturated/α-hetero) is 1. The summed E-state index contributed by atoms with van der Waals surface area (Å²) >= 11 is 0. The SMILES string of the molecule is CC(=O)OCC(=O)C1=CCC2C3CC=C4CC(OC(C)=O)CC[C@]4(C)C3CC[C@]12C. The van der Waals surface area contributed by atoms with E-state index in [9.17, 15) is 14.4 Å². The molecule has 4 aliphatic carbocycles. The van der Waals surface area contributed by atoms with E-state index in [4.69, 9.17) is 9.47 Å². The van der Waals surface area contributed by atoms with Gasteiger partial charge in [0.05, 0.1) is 0 Å². The predicted molar refractivity (Wildman–Crippen MR) is 112 cm³/mol. The molecule has 2 saturated carbocycles. The number of ketones is 1. The molecule has 30 heavy (non-hydrogen) atoms. The first-order valence-corrected chi connectivity index (χ1v) is 11.4. The Morgan fingerprint density at radius 3 is 2.40 bits per heavy atom. The molecule has 0 saturated heterocycles. The van der Waals surface area contributed by atoms with Crippen LogP contribution in [0.4, 0.5) is 0 Å². The molecule has 164 valence electrons. The summed E-state index contributed by atoms with van der Waals surface area (Å²) in [7, 11) is 0. The summed E-state index contributed by atoms with van der Waals surface area (Å²) in [5, 5.41) is 0. The summed E-state index contributed by atoms with van der Waals surface area (Å²) < 4.78 is 10.5. The predicted octanol–water partition coefficient (Wildman–Crippen LogP) is 4.55. The monoisotopic (exact) mass is 414 g/mol. The third-order valence-corrected chi connectivity index (χ3v) is 8.68. The molecule has 0 spiro atoms. The van der Waals surface area contributed by atoms with Crippen molar-refractivity contribution < 1.29 is 23.9 Å². The Morgan fingerprint density at radius 2 is 1.70 bits per heavy atom. The fourth-order valence-corrected chi connectivity index (χ4v) is 7.21. The highest BCUT2D eigenvalue weighted by atomic mass is 16.5. The smallest absolute Gasteiger partial charge is 0.303 e. The largest absolute Gasteiger partial charge is 0.462 e. The number of esters is 2. The molecule has 4 unspecified atom stereocenters. The van der Waals surface area contributed by atoms with Crippen LogP contribution < -0.4 is 0 Å². The summed E-state index contributed by atoms with van der Waals surface area (Å²) in [6.07, 6.45) is 11.5. The average molecular weight is 415 g/mol. The van der Waals surface area contributed by atoms with Crippen molar-refractivity contribution in [1.29, 1.82) is 0 Å². The maximum Gasteiger partial charge on any atom is 0.303 e. The lowest BCUT2D eigenvalue weighted by Crippen LogP contribution is -2.50. The molecule has 0 amide bonds. The van der Waals surface area contributed by atoms with E-state index in [-0.39, 0.29) is 35.3 Å². The molecule has 5 nitrogen and oxygen atoms in total.